The molecule has 0 atom stereocenters. The Morgan fingerprint density at radius 1 is 0.929 bits per heavy atom. The minimum Gasteiger partial charge on any atom is -0.342 e. The number of likely N-dealkylation sites (tertiary alicyclic amines) is 1. The molecule has 0 bridgehead atoms. The third kappa shape index (κ3) is 3.90. The van der Waals surface area contributed by atoms with Crippen molar-refractivity contribution in [3.8, 4) is 0 Å². The molecule has 0 aromatic heterocycles. The Kier molecular flexibility index (Phi) is 5.61. The molecule has 0 saturated carbocycles. The third-order valence-corrected chi connectivity index (χ3v) is 8.44. The van der Waals surface area contributed by atoms with Crippen LogP contribution in [0.15, 0.2) is 35.2 Å². The molecule has 2 aliphatic heterocycles. The summed E-state index contributed by atoms with van der Waals surface area (Å²) in [5.74, 6) is 0.139. The first-order valence-corrected chi connectivity index (χ1v) is 12.0. The standard InChI is InChI=1S/C22H30N2O3S/c1-17-8-12-23(13-9-17)22(25)19-10-14-24(15-11-19)28(26,27)21-7-6-18-4-2-3-5-20(18)16-21/h6-7,16,19H,1-5,8-15H2. The summed E-state index contributed by atoms with van der Waals surface area (Å²) in [5, 5.41) is 0. The molecule has 0 spiro atoms. The van der Waals surface area contributed by atoms with Crippen LogP contribution in [0.25, 0.3) is 0 Å². The van der Waals surface area contributed by atoms with E-state index in [1.807, 2.05) is 17.0 Å². The van der Waals surface area contributed by atoms with Gasteiger partial charge in [0.25, 0.3) is 0 Å². The summed E-state index contributed by atoms with van der Waals surface area (Å²) >= 11 is 0. The molecular formula is C22H30N2O3S. The highest BCUT2D eigenvalue weighted by Crippen LogP contribution is 2.29. The molecule has 3 aliphatic rings. The average Bonchev–Trinajstić information content (AvgIpc) is 2.73. The minimum absolute atomic E-state index is 0.0543. The normalized spacial score (nSPS) is 22.1. The summed E-state index contributed by atoms with van der Waals surface area (Å²) in [6.45, 7) is 6.37. The molecule has 1 aromatic rings. The summed E-state index contributed by atoms with van der Waals surface area (Å²) in [5.41, 5.74) is 3.69. The van der Waals surface area contributed by atoms with Crippen LogP contribution in [-0.2, 0) is 27.7 Å². The molecule has 5 nitrogen and oxygen atoms in total. The Morgan fingerprint density at radius 3 is 2.25 bits per heavy atom. The van der Waals surface area contributed by atoms with E-state index in [0.29, 0.717) is 30.8 Å². The van der Waals surface area contributed by atoms with E-state index >= 15 is 0 Å². The molecule has 2 saturated heterocycles. The maximum absolute atomic E-state index is 13.1. The number of amides is 1. The number of sulfonamides is 1. The molecule has 28 heavy (non-hydrogen) atoms. The second kappa shape index (κ2) is 7.99. The maximum atomic E-state index is 13.1. The smallest absolute Gasteiger partial charge is 0.243 e. The van der Waals surface area contributed by atoms with Gasteiger partial charge in [-0.2, -0.15) is 4.31 Å². The lowest BCUT2D eigenvalue weighted by atomic mass is 9.92. The van der Waals surface area contributed by atoms with E-state index in [1.165, 1.54) is 23.1 Å². The lowest BCUT2D eigenvalue weighted by molar-refractivity contribution is -0.137. The molecule has 152 valence electrons. The van der Waals surface area contributed by atoms with E-state index in [0.717, 1.165) is 45.2 Å². The Hall–Kier alpha value is -1.66. The third-order valence-electron chi connectivity index (χ3n) is 6.54. The number of hydrogen-bond acceptors (Lipinski definition) is 3. The van der Waals surface area contributed by atoms with Gasteiger partial charge in [0.05, 0.1) is 4.90 Å². The number of benzene rings is 1. The fourth-order valence-electron chi connectivity index (χ4n) is 4.66. The van der Waals surface area contributed by atoms with Crippen molar-refractivity contribution in [1.29, 1.82) is 0 Å². The zero-order chi connectivity index (χ0) is 19.7. The summed E-state index contributed by atoms with van der Waals surface area (Å²) in [6, 6.07) is 5.63. The van der Waals surface area contributed by atoms with Crippen LogP contribution < -0.4 is 0 Å². The fraction of sp³-hybridized carbons (Fsp3) is 0.591. The van der Waals surface area contributed by atoms with Crippen LogP contribution in [0.4, 0.5) is 0 Å². The van der Waals surface area contributed by atoms with Gasteiger partial charge in [0, 0.05) is 32.1 Å². The number of nitrogens with zero attached hydrogens (tertiary/aromatic N) is 2. The van der Waals surface area contributed by atoms with Crippen molar-refractivity contribution in [2.75, 3.05) is 26.2 Å². The lowest BCUT2D eigenvalue weighted by Crippen LogP contribution is -2.45. The predicted octanol–water partition coefficient (Wildman–Crippen LogP) is 3.14. The molecule has 4 rings (SSSR count). The number of aryl methyl sites for hydroxylation is 2. The number of carbonyl (C=O) groups excluding carboxylic acids is 1. The van der Waals surface area contributed by atoms with Crippen molar-refractivity contribution >= 4 is 15.9 Å². The zero-order valence-corrected chi connectivity index (χ0v) is 17.3. The van der Waals surface area contributed by atoms with Crippen LogP contribution in [0.2, 0.25) is 0 Å². The van der Waals surface area contributed by atoms with Crippen LogP contribution >= 0.6 is 0 Å². The van der Waals surface area contributed by atoms with Crippen molar-refractivity contribution in [2.45, 2.75) is 56.3 Å². The van der Waals surface area contributed by atoms with E-state index in [4.69, 9.17) is 0 Å². The van der Waals surface area contributed by atoms with Gasteiger partial charge in [0.1, 0.15) is 0 Å². The van der Waals surface area contributed by atoms with Crippen molar-refractivity contribution < 1.29 is 13.2 Å². The fourth-order valence-corrected chi connectivity index (χ4v) is 6.18. The van der Waals surface area contributed by atoms with Gasteiger partial charge in [-0.05, 0) is 74.6 Å². The molecule has 1 aromatic carbocycles. The zero-order valence-electron chi connectivity index (χ0n) is 16.5. The second-order valence-corrected chi connectivity index (χ2v) is 10.3. The molecular weight excluding hydrogens is 372 g/mol. The van der Waals surface area contributed by atoms with E-state index in [9.17, 15) is 13.2 Å². The van der Waals surface area contributed by atoms with Crippen LogP contribution in [0.1, 0.15) is 49.7 Å². The maximum Gasteiger partial charge on any atom is 0.243 e. The molecule has 2 fully saturated rings. The van der Waals surface area contributed by atoms with Gasteiger partial charge in [-0.3, -0.25) is 4.79 Å². The van der Waals surface area contributed by atoms with Crippen LogP contribution in [0, 0.1) is 5.92 Å². The summed E-state index contributed by atoms with van der Waals surface area (Å²) < 4.78 is 27.8. The van der Waals surface area contributed by atoms with Gasteiger partial charge in [0.2, 0.25) is 15.9 Å². The van der Waals surface area contributed by atoms with Gasteiger partial charge in [-0.25, -0.2) is 8.42 Å². The predicted molar refractivity (Wildman–Crippen MR) is 110 cm³/mol. The lowest BCUT2D eigenvalue weighted by Gasteiger charge is -2.35. The van der Waals surface area contributed by atoms with Crippen molar-refractivity contribution in [3.63, 3.8) is 0 Å². The Labute approximate surface area is 168 Å². The first-order valence-electron chi connectivity index (χ1n) is 10.5. The van der Waals surface area contributed by atoms with Crippen molar-refractivity contribution in [2.24, 2.45) is 5.92 Å². The highest BCUT2D eigenvalue weighted by molar-refractivity contribution is 7.89. The SMILES string of the molecule is C=C1CCN(C(=O)C2CCN(S(=O)(=O)c3ccc4c(c3)CCCC4)CC2)CC1. The molecule has 6 heteroatoms. The number of piperidine rings is 2. The molecule has 2 heterocycles. The molecule has 1 aliphatic carbocycles. The number of carbonyl (C=O) groups is 1. The molecule has 0 unspecified atom stereocenters. The average molecular weight is 403 g/mol. The van der Waals surface area contributed by atoms with E-state index in [2.05, 4.69) is 6.58 Å². The summed E-state index contributed by atoms with van der Waals surface area (Å²) in [7, 11) is -3.48. The van der Waals surface area contributed by atoms with Gasteiger partial charge >= 0.3 is 0 Å². The van der Waals surface area contributed by atoms with E-state index in [1.54, 1.807) is 10.4 Å². The van der Waals surface area contributed by atoms with Gasteiger partial charge in [-0.1, -0.05) is 18.2 Å². The van der Waals surface area contributed by atoms with Crippen LogP contribution in [0.5, 0.6) is 0 Å². The van der Waals surface area contributed by atoms with E-state index < -0.39 is 10.0 Å². The van der Waals surface area contributed by atoms with Gasteiger partial charge in [0.15, 0.2) is 0 Å². The molecule has 1 amide bonds. The number of fused-ring (bicyclic) bond motifs is 1. The number of hydrogen-bond donors (Lipinski definition) is 0. The topological polar surface area (TPSA) is 57.7 Å². The Bertz CT molecular complexity index is 860. The number of rotatable bonds is 3. The first-order chi connectivity index (χ1) is 13.4. The second-order valence-electron chi connectivity index (χ2n) is 8.39. The van der Waals surface area contributed by atoms with Gasteiger partial charge in [-0.15, -0.1) is 0 Å². The van der Waals surface area contributed by atoms with Crippen LogP contribution in [-0.4, -0.2) is 49.7 Å². The Morgan fingerprint density at radius 2 is 1.57 bits per heavy atom. The largest absolute Gasteiger partial charge is 0.342 e. The monoisotopic (exact) mass is 402 g/mol. The molecule has 0 N–H and O–H groups in total. The summed E-state index contributed by atoms with van der Waals surface area (Å²) in [6.07, 6.45) is 7.33. The molecule has 0 radical (unpaired) electrons. The van der Waals surface area contributed by atoms with Crippen LogP contribution in [0.3, 0.4) is 0 Å². The minimum atomic E-state index is -3.48. The summed E-state index contributed by atoms with van der Waals surface area (Å²) in [4.78, 5) is 15.1. The van der Waals surface area contributed by atoms with Crippen molar-refractivity contribution in [1.82, 2.24) is 9.21 Å². The Balaban J connectivity index is 1.40. The highest BCUT2D eigenvalue weighted by atomic mass is 32.2. The highest BCUT2D eigenvalue weighted by Gasteiger charge is 2.34. The van der Waals surface area contributed by atoms with Crippen molar-refractivity contribution in [3.05, 3.63) is 41.5 Å². The quantitative estimate of drug-likeness (QED) is 0.730. The van der Waals surface area contributed by atoms with Gasteiger partial charge < -0.3 is 4.90 Å². The first kappa shape index (κ1) is 19.6. The van der Waals surface area contributed by atoms with E-state index in [-0.39, 0.29) is 11.8 Å².